The summed E-state index contributed by atoms with van der Waals surface area (Å²) >= 11 is 0. The molecule has 22 aromatic rings. The van der Waals surface area contributed by atoms with Crippen LogP contribution in [0, 0.1) is 22.7 Å². The minimum absolute atomic E-state index is 0.660. The van der Waals surface area contributed by atoms with Gasteiger partial charge in [-0.25, -0.2) is 9.97 Å². The SMILES string of the molecule is N#Cc1ccc2c(c1)c1cc(-c3ccc(-c4cc5ccc6cc(-c7cccc(-c8ccccc8)n7)cc7ccc(c4)c5c67)cc3)ccc1n2-c1ccccc1.N#Cc1ccc2c(c1)c1cc(-c3ccc(-c4cc5ccc6cc(-c7cccc(-c8ccncc8)n7)cc7ccc(c4)c5c67)cc3)ccc1n2-c1ccccc1. The summed E-state index contributed by atoms with van der Waals surface area (Å²) < 4.78 is 4.57. The largest absolute Gasteiger partial charge is 0.309 e. The molecular weight excluding hydrogens is 1340 g/mol. The van der Waals surface area contributed by atoms with Gasteiger partial charge in [-0.1, -0.05) is 188 Å². The molecule has 0 saturated carbocycles. The number of nitrogens with zero attached hydrogens (tertiary/aromatic N) is 7. The van der Waals surface area contributed by atoms with Gasteiger partial charge in [0.1, 0.15) is 0 Å². The number of para-hydroxylation sites is 2. The molecule has 5 aromatic heterocycles. The van der Waals surface area contributed by atoms with Crippen molar-refractivity contribution in [1.29, 1.82) is 10.5 Å². The Morgan fingerprint density at radius 3 is 0.836 bits per heavy atom. The van der Waals surface area contributed by atoms with E-state index in [0.717, 1.165) is 122 Å². The maximum atomic E-state index is 9.71. The molecule has 0 atom stereocenters. The summed E-state index contributed by atoms with van der Waals surface area (Å²) in [5.41, 5.74) is 25.5. The minimum Gasteiger partial charge on any atom is -0.309 e. The van der Waals surface area contributed by atoms with Gasteiger partial charge in [0, 0.05) is 67.6 Å². The van der Waals surface area contributed by atoms with Gasteiger partial charge in [-0.15, -0.1) is 0 Å². The van der Waals surface area contributed by atoms with E-state index in [9.17, 15) is 10.5 Å². The Kier molecular flexibility index (Phi) is 14.9. The highest BCUT2D eigenvalue weighted by atomic mass is 15.0. The zero-order chi connectivity index (χ0) is 72.9. The zero-order valence-corrected chi connectivity index (χ0v) is 59.3. The van der Waals surface area contributed by atoms with Crippen molar-refractivity contribution in [2.24, 2.45) is 0 Å². The molecule has 7 heteroatoms. The van der Waals surface area contributed by atoms with E-state index in [0.29, 0.717) is 11.1 Å². The fourth-order valence-corrected chi connectivity index (χ4v) is 16.9. The second-order valence-electron chi connectivity index (χ2n) is 28.5. The Balaban J connectivity index is 0.000000140. The molecule has 0 spiro atoms. The van der Waals surface area contributed by atoms with E-state index < -0.39 is 0 Å². The van der Waals surface area contributed by atoms with Crippen molar-refractivity contribution in [3.05, 3.63) is 381 Å². The number of benzene rings is 17. The number of pyridine rings is 3. The number of rotatable bonds is 10. The molecule has 110 heavy (non-hydrogen) atoms. The molecule has 0 fully saturated rings. The Bertz CT molecular complexity index is 6910. The predicted octanol–water partition coefficient (Wildman–Crippen LogP) is 26.6. The third-order valence-corrected chi connectivity index (χ3v) is 22.1. The topological polar surface area (TPSA) is 96.1 Å². The summed E-state index contributed by atoms with van der Waals surface area (Å²) in [5, 5.41) is 38.8. The fraction of sp³-hybridized carbons (Fsp3) is 0. The van der Waals surface area contributed by atoms with Gasteiger partial charge < -0.3 is 9.13 Å². The van der Waals surface area contributed by atoms with E-state index in [4.69, 9.17) is 9.97 Å². The van der Waals surface area contributed by atoms with Crippen LogP contribution in [0.5, 0.6) is 0 Å². The van der Waals surface area contributed by atoms with Crippen molar-refractivity contribution in [1.82, 2.24) is 24.1 Å². The Morgan fingerprint density at radius 2 is 0.491 bits per heavy atom. The van der Waals surface area contributed by atoms with Crippen LogP contribution in [0.15, 0.2) is 370 Å². The molecule has 5 heterocycles. The van der Waals surface area contributed by atoms with E-state index in [1.165, 1.54) is 86.9 Å². The highest BCUT2D eigenvalue weighted by molar-refractivity contribution is 6.26. The summed E-state index contributed by atoms with van der Waals surface area (Å²) in [5.74, 6) is 0. The molecule has 0 aliphatic heterocycles. The Morgan fingerprint density at radius 1 is 0.209 bits per heavy atom. The maximum Gasteiger partial charge on any atom is 0.0991 e. The normalized spacial score (nSPS) is 11.6. The van der Waals surface area contributed by atoms with Crippen LogP contribution in [0.25, 0.3) is 209 Å². The number of nitriles is 2. The lowest BCUT2D eigenvalue weighted by Crippen LogP contribution is -1.93. The van der Waals surface area contributed by atoms with Crippen LogP contribution >= 0.6 is 0 Å². The summed E-state index contributed by atoms with van der Waals surface area (Å²) in [4.78, 5) is 14.2. The van der Waals surface area contributed by atoms with Crippen molar-refractivity contribution >= 4 is 108 Å². The minimum atomic E-state index is 0.660. The molecular formula is C103H61N7. The number of fused-ring (bicyclic) bond motifs is 6. The Hall–Kier alpha value is -15.2. The van der Waals surface area contributed by atoms with Gasteiger partial charge in [0.05, 0.1) is 68.1 Å². The van der Waals surface area contributed by atoms with E-state index in [1.54, 1.807) is 12.4 Å². The Labute approximate surface area is 633 Å². The number of hydrogen-bond donors (Lipinski definition) is 0. The monoisotopic (exact) mass is 1400 g/mol. The first-order chi connectivity index (χ1) is 54.4. The first-order valence-electron chi connectivity index (χ1n) is 37.0. The quantitative estimate of drug-likeness (QED) is 0.127. The molecule has 0 radical (unpaired) electrons. The molecule has 0 saturated heterocycles. The van der Waals surface area contributed by atoms with Crippen molar-refractivity contribution in [2.75, 3.05) is 0 Å². The van der Waals surface area contributed by atoms with Crippen molar-refractivity contribution in [3.8, 4) is 113 Å². The summed E-state index contributed by atoms with van der Waals surface area (Å²) in [6.45, 7) is 0. The van der Waals surface area contributed by atoms with E-state index in [2.05, 4.69) is 324 Å². The van der Waals surface area contributed by atoms with Crippen molar-refractivity contribution < 1.29 is 0 Å². The maximum absolute atomic E-state index is 9.71. The van der Waals surface area contributed by atoms with Gasteiger partial charge in [0.2, 0.25) is 0 Å². The van der Waals surface area contributed by atoms with E-state index in [1.807, 2.05) is 60.7 Å². The molecule has 17 aromatic carbocycles. The van der Waals surface area contributed by atoms with Gasteiger partial charge in [-0.05, 0) is 279 Å². The summed E-state index contributed by atoms with van der Waals surface area (Å²) in [6.07, 6.45) is 3.61. The summed E-state index contributed by atoms with van der Waals surface area (Å²) in [7, 11) is 0. The smallest absolute Gasteiger partial charge is 0.0991 e. The molecule has 0 aliphatic carbocycles. The molecule has 22 rings (SSSR count). The number of hydrogen-bond acceptors (Lipinski definition) is 5. The van der Waals surface area contributed by atoms with Gasteiger partial charge in [-0.3, -0.25) is 4.98 Å². The first-order valence-corrected chi connectivity index (χ1v) is 37.0. The first kappa shape index (κ1) is 63.3. The molecule has 508 valence electrons. The third-order valence-electron chi connectivity index (χ3n) is 22.1. The lowest BCUT2D eigenvalue weighted by Gasteiger charge is -2.15. The van der Waals surface area contributed by atoms with Crippen LogP contribution in [0.2, 0.25) is 0 Å². The average Bonchev–Trinajstić information content (AvgIpc) is 0.942. The highest BCUT2D eigenvalue weighted by Crippen LogP contribution is 2.45. The summed E-state index contributed by atoms with van der Waals surface area (Å²) in [6, 6.07) is 132. The van der Waals surface area contributed by atoms with E-state index >= 15 is 0 Å². The second-order valence-corrected chi connectivity index (χ2v) is 28.5. The second kappa shape index (κ2) is 25.9. The lowest BCUT2D eigenvalue weighted by molar-refractivity contribution is 1.18. The third kappa shape index (κ3) is 10.8. The molecule has 0 unspecified atom stereocenters. The standard InChI is InChI=1S/C52H31N3.C51H30N4/c53-32-33-14-24-49-45(26-33)46-31-37(23-25-50(46)55(49)44-10-5-2-6-11-44)34-15-17-35(18-16-34)42-27-38-19-21-40-29-43(30-41-22-20-39(28-42)51(38)52(40)41)48-13-7-12-47(54-48)36-8-3-1-4-9-36;52-31-32-9-19-48-44(25-32)45-30-36(18-20-49(45)55(48)43-5-2-1-3-6-43)33-10-12-34(13-11-33)41-26-37-14-16-39-28-42(29-40-17-15-38(27-41)50(37)51(39)40)47-8-4-7-46(54-47)35-21-23-53-24-22-35/h1-31H;1-30H. The molecule has 0 aliphatic rings. The van der Waals surface area contributed by atoms with Crippen LogP contribution in [0.3, 0.4) is 0 Å². The molecule has 0 bridgehead atoms. The van der Waals surface area contributed by atoms with Crippen molar-refractivity contribution in [3.63, 3.8) is 0 Å². The van der Waals surface area contributed by atoms with Gasteiger partial charge >= 0.3 is 0 Å². The fourth-order valence-electron chi connectivity index (χ4n) is 16.9. The predicted molar refractivity (Wildman–Crippen MR) is 455 cm³/mol. The average molecular weight is 1400 g/mol. The molecule has 0 amide bonds. The highest BCUT2D eigenvalue weighted by Gasteiger charge is 2.20. The van der Waals surface area contributed by atoms with Gasteiger partial charge in [-0.2, -0.15) is 10.5 Å². The van der Waals surface area contributed by atoms with E-state index in [-0.39, 0.29) is 0 Å². The molecule has 0 N–H and O–H groups in total. The van der Waals surface area contributed by atoms with Crippen LogP contribution in [-0.2, 0) is 0 Å². The van der Waals surface area contributed by atoms with Crippen LogP contribution in [0.4, 0.5) is 0 Å². The van der Waals surface area contributed by atoms with Crippen molar-refractivity contribution in [2.45, 2.75) is 0 Å². The van der Waals surface area contributed by atoms with Crippen LogP contribution in [-0.4, -0.2) is 24.1 Å². The van der Waals surface area contributed by atoms with Crippen LogP contribution in [0.1, 0.15) is 11.1 Å². The number of aromatic nitrogens is 5. The van der Waals surface area contributed by atoms with Gasteiger partial charge in [0.15, 0.2) is 0 Å². The van der Waals surface area contributed by atoms with Gasteiger partial charge in [0.25, 0.3) is 0 Å². The zero-order valence-electron chi connectivity index (χ0n) is 59.3. The van der Waals surface area contributed by atoms with Crippen LogP contribution < -0.4 is 0 Å². The lowest BCUT2D eigenvalue weighted by atomic mass is 9.89. The molecule has 7 nitrogen and oxygen atoms in total.